The van der Waals surface area contributed by atoms with Crippen LogP contribution in [-0.4, -0.2) is 43.1 Å². The first-order valence-corrected chi connectivity index (χ1v) is 8.87. The minimum atomic E-state index is -3.38. The first-order valence-electron chi connectivity index (χ1n) is 7.26. The minimum absolute atomic E-state index is 0.0376. The third-order valence-corrected chi connectivity index (χ3v) is 5.63. The van der Waals surface area contributed by atoms with Gasteiger partial charge >= 0.3 is 0 Å². The van der Waals surface area contributed by atoms with Crippen LogP contribution in [0.5, 0.6) is 0 Å². The molecule has 5 nitrogen and oxygen atoms in total. The summed E-state index contributed by atoms with van der Waals surface area (Å²) in [6.07, 6.45) is 0.661. The van der Waals surface area contributed by atoms with Crippen LogP contribution in [0, 0.1) is 0 Å². The number of aliphatic hydroxyl groups is 1. The van der Waals surface area contributed by atoms with Crippen LogP contribution in [0.3, 0.4) is 0 Å². The van der Waals surface area contributed by atoms with E-state index in [0.29, 0.717) is 18.7 Å². The average molecular weight is 313 g/mol. The van der Waals surface area contributed by atoms with Crippen LogP contribution in [0.2, 0.25) is 0 Å². The highest BCUT2D eigenvalue weighted by Crippen LogP contribution is 2.21. The number of sulfonamides is 1. The Labute approximate surface area is 126 Å². The summed E-state index contributed by atoms with van der Waals surface area (Å²) in [4.78, 5) is 0. The largest absolute Gasteiger partial charge is 0.392 e. The zero-order valence-corrected chi connectivity index (χ0v) is 13.3. The van der Waals surface area contributed by atoms with Gasteiger partial charge in [-0.05, 0) is 24.5 Å². The Kier molecular flexibility index (Phi) is 5.37. The topological polar surface area (TPSA) is 66.8 Å². The fraction of sp³-hybridized carbons (Fsp3) is 0.600. The smallest absolute Gasteiger partial charge is 0.218 e. The van der Waals surface area contributed by atoms with Gasteiger partial charge < -0.3 is 9.84 Å². The first kappa shape index (κ1) is 16.4. The van der Waals surface area contributed by atoms with Crippen molar-refractivity contribution >= 4 is 10.0 Å². The highest BCUT2D eigenvalue weighted by molar-refractivity contribution is 7.88. The molecule has 21 heavy (non-hydrogen) atoms. The van der Waals surface area contributed by atoms with Gasteiger partial charge in [0.1, 0.15) is 0 Å². The average Bonchev–Trinajstić information content (AvgIpc) is 2.47. The molecule has 1 aromatic rings. The fourth-order valence-corrected chi connectivity index (χ4v) is 4.46. The summed E-state index contributed by atoms with van der Waals surface area (Å²) in [7, 11) is -3.38. The zero-order valence-electron chi connectivity index (χ0n) is 12.5. The van der Waals surface area contributed by atoms with E-state index in [1.54, 1.807) is 28.6 Å². The van der Waals surface area contributed by atoms with Gasteiger partial charge in [-0.15, -0.1) is 0 Å². The molecular weight excluding hydrogens is 290 g/mol. The maximum Gasteiger partial charge on any atom is 0.218 e. The molecule has 2 unspecified atom stereocenters. The molecule has 0 spiro atoms. The summed E-state index contributed by atoms with van der Waals surface area (Å²) in [5.41, 5.74) is 1.43. The molecule has 0 radical (unpaired) electrons. The number of benzene rings is 1. The maximum atomic E-state index is 12.7. The molecule has 2 atom stereocenters. The van der Waals surface area contributed by atoms with Gasteiger partial charge in [-0.25, -0.2) is 8.42 Å². The van der Waals surface area contributed by atoms with Crippen LogP contribution >= 0.6 is 0 Å². The molecule has 0 saturated carbocycles. The Bertz CT molecular complexity index is 573. The van der Waals surface area contributed by atoms with Crippen LogP contribution in [0.15, 0.2) is 24.3 Å². The SMILES string of the molecule is CCC1COC(C)CN1S(=O)(=O)Cc1cccc(CO)c1. The number of ether oxygens (including phenoxy) is 1. The fourth-order valence-electron chi connectivity index (χ4n) is 2.59. The summed E-state index contributed by atoms with van der Waals surface area (Å²) in [6.45, 7) is 4.63. The van der Waals surface area contributed by atoms with E-state index >= 15 is 0 Å². The van der Waals surface area contributed by atoms with Gasteiger partial charge in [0.2, 0.25) is 10.0 Å². The van der Waals surface area contributed by atoms with Crippen molar-refractivity contribution in [3.8, 4) is 0 Å². The van der Waals surface area contributed by atoms with Crippen molar-refractivity contribution in [3.63, 3.8) is 0 Å². The van der Waals surface area contributed by atoms with Crippen molar-refractivity contribution in [1.29, 1.82) is 0 Å². The second-order valence-corrected chi connectivity index (χ2v) is 7.43. The lowest BCUT2D eigenvalue weighted by Crippen LogP contribution is -2.51. The van der Waals surface area contributed by atoms with Gasteiger partial charge in [-0.1, -0.05) is 31.2 Å². The molecule has 1 aliphatic heterocycles. The molecule has 1 aliphatic rings. The van der Waals surface area contributed by atoms with Gasteiger partial charge in [0.15, 0.2) is 0 Å². The van der Waals surface area contributed by atoms with E-state index in [-0.39, 0.29) is 24.5 Å². The zero-order chi connectivity index (χ0) is 15.5. The minimum Gasteiger partial charge on any atom is -0.392 e. The van der Waals surface area contributed by atoms with Gasteiger partial charge in [0, 0.05) is 12.6 Å². The highest BCUT2D eigenvalue weighted by Gasteiger charge is 2.34. The van der Waals surface area contributed by atoms with Crippen molar-refractivity contribution < 1.29 is 18.3 Å². The van der Waals surface area contributed by atoms with Crippen LogP contribution in [0.1, 0.15) is 31.4 Å². The molecule has 1 heterocycles. The predicted molar refractivity (Wildman–Crippen MR) is 81.2 cm³/mol. The molecule has 118 valence electrons. The van der Waals surface area contributed by atoms with E-state index in [0.717, 1.165) is 12.0 Å². The number of morpholine rings is 1. The van der Waals surface area contributed by atoms with Crippen molar-refractivity contribution in [1.82, 2.24) is 4.31 Å². The van der Waals surface area contributed by atoms with Crippen LogP contribution in [0.4, 0.5) is 0 Å². The lowest BCUT2D eigenvalue weighted by atomic mass is 10.1. The number of nitrogens with zero attached hydrogens (tertiary/aromatic N) is 1. The van der Waals surface area contributed by atoms with Gasteiger partial charge in [0.25, 0.3) is 0 Å². The number of aliphatic hydroxyl groups excluding tert-OH is 1. The molecule has 1 aromatic carbocycles. The number of hydrogen-bond donors (Lipinski definition) is 1. The van der Waals surface area contributed by atoms with Crippen LogP contribution < -0.4 is 0 Å². The predicted octanol–water partition coefficient (Wildman–Crippen LogP) is 1.51. The molecular formula is C15H23NO4S. The Hall–Kier alpha value is -0.950. The summed E-state index contributed by atoms with van der Waals surface area (Å²) in [6, 6.07) is 6.98. The molecule has 0 aliphatic carbocycles. The summed E-state index contributed by atoms with van der Waals surface area (Å²) < 4.78 is 32.5. The van der Waals surface area contributed by atoms with Crippen LogP contribution in [0.25, 0.3) is 0 Å². The molecule has 1 fully saturated rings. The summed E-state index contributed by atoms with van der Waals surface area (Å²) in [5.74, 6) is -0.0376. The molecule has 1 N–H and O–H groups in total. The van der Waals surface area contributed by atoms with Crippen molar-refractivity contribution in [2.75, 3.05) is 13.2 Å². The standard InChI is InChI=1S/C15H23NO4S/c1-3-15-10-20-12(2)8-16(15)21(18,19)11-14-6-4-5-13(7-14)9-17/h4-7,12,15,17H,3,8-11H2,1-2H3. The normalized spacial score (nSPS) is 24.1. The van der Waals surface area contributed by atoms with Gasteiger partial charge in [-0.3, -0.25) is 0 Å². The van der Waals surface area contributed by atoms with E-state index in [1.807, 2.05) is 13.8 Å². The van der Waals surface area contributed by atoms with E-state index in [9.17, 15) is 8.42 Å². The van der Waals surface area contributed by atoms with Crippen molar-refractivity contribution in [3.05, 3.63) is 35.4 Å². The third kappa shape index (κ3) is 4.03. The van der Waals surface area contributed by atoms with E-state index < -0.39 is 10.0 Å². The Morgan fingerprint density at radius 3 is 2.76 bits per heavy atom. The van der Waals surface area contributed by atoms with E-state index in [2.05, 4.69) is 0 Å². The Balaban J connectivity index is 2.19. The molecule has 0 amide bonds. The highest BCUT2D eigenvalue weighted by atomic mass is 32.2. The van der Waals surface area contributed by atoms with Crippen LogP contribution in [-0.2, 0) is 27.1 Å². The first-order chi connectivity index (χ1) is 9.96. The van der Waals surface area contributed by atoms with Gasteiger partial charge in [0.05, 0.1) is 25.1 Å². The number of hydrogen-bond acceptors (Lipinski definition) is 4. The van der Waals surface area contributed by atoms with E-state index in [1.165, 1.54) is 0 Å². The Morgan fingerprint density at radius 2 is 2.10 bits per heavy atom. The number of rotatable bonds is 5. The van der Waals surface area contributed by atoms with Gasteiger partial charge in [-0.2, -0.15) is 4.31 Å². The lowest BCUT2D eigenvalue weighted by molar-refractivity contribution is -0.0231. The second-order valence-electron chi connectivity index (χ2n) is 5.51. The van der Waals surface area contributed by atoms with Crippen molar-refractivity contribution in [2.45, 2.75) is 44.8 Å². The maximum absolute atomic E-state index is 12.7. The summed E-state index contributed by atoms with van der Waals surface area (Å²) in [5, 5.41) is 9.15. The van der Waals surface area contributed by atoms with Crippen molar-refractivity contribution in [2.24, 2.45) is 0 Å². The third-order valence-electron chi connectivity index (χ3n) is 3.77. The Morgan fingerprint density at radius 1 is 1.38 bits per heavy atom. The molecule has 1 saturated heterocycles. The molecule has 2 rings (SSSR count). The lowest BCUT2D eigenvalue weighted by Gasteiger charge is -2.37. The quantitative estimate of drug-likeness (QED) is 0.895. The second kappa shape index (κ2) is 6.87. The molecule has 6 heteroatoms. The monoisotopic (exact) mass is 313 g/mol. The molecule has 0 aromatic heterocycles. The van der Waals surface area contributed by atoms with E-state index in [4.69, 9.17) is 9.84 Å². The summed E-state index contributed by atoms with van der Waals surface area (Å²) >= 11 is 0. The molecule has 0 bridgehead atoms.